The fourth-order valence-corrected chi connectivity index (χ4v) is 3.50. The summed E-state index contributed by atoms with van der Waals surface area (Å²) >= 11 is 0. The number of aliphatic hydroxyl groups is 1. The van der Waals surface area contributed by atoms with Crippen LogP contribution >= 0.6 is 0 Å². The molecule has 1 fully saturated rings. The molecule has 0 bridgehead atoms. The van der Waals surface area contributed by atoms with Gasteiger partial charge in [0.05, 0.1) is 18.0 Å². The topological polar surface area (TPSA) is 98.0 Å². The molecule has 0 aliphatic carbocycles. The zero-order valence-electron chi connectivity index (χ0n) is 16.7. The van der Waals surface area contributed by atoms with Crippen molar-refractivity contribution in [1.29, 1.82) is 0 Å². The standard InChI is InChI=1S/C21H27FN4O4/c22-16-5-1-2-6-17(16)25-9-11-26(12-10-25)18(19-7-3-14-30-19)15-24-21(29)20(28)23-8-4-13-27/h1-3,5-7,14,18,27H,4,8-13,15H2,(H,23,28)(H,24,29). The second kappa shape index (κ2) is 10.7. The van der Waals surface area contributed by atoms with Crippen molar-refractivity contribution < 1.29 is 23.5 Å². The van der Waals surface area contributed by atoms with Gasteiger partial charge in [0.25, 0.3) is 0 Å². The summed E-state index contributed by atoms with van der Waals surface area (Å²) in [5.74, 6) is -1.01. The van der Waals surface area contributed by atoms with Gasteiger partial charge in [0.2, 0.25) is 0 Å². The summed E-state index contributed by atoms with van der Waals surface area (Å²) in [6.07, 6.45) is 1.96. The van der Waals surface area contributed by atoms with Crippen molar-refractivity contribution in [1.82, 2.24) is 15.5 Å². The number of rotatable bonds is 8. The number of nitrogens with zero attached hydrogens (tertiary/aromatic N) is 2. The fourth-order valence-electron chi connectivity index (χ4n) is 3.50. The Labute approximate surface area is 174 Å². The van der Waals surface area contributed by atoms with Gasteiger partial charge in [0.1, 0.15) is 11.6 Å². The number of para-hydroxylation sites is 1. The fraction of sp³-hybridized carbons (Fsp3) is 0.429. The van der Waals surface area contributed by atoms with Crippen LogP contribution in [0, 0.1) is 5.82 Å². The molecule has 8 nitrogen and oxygen atoms in total. The van der Waals surface area contributed by atoms with Crippen LogP contribution in [0.4, 0.5) is 10.1 Å². The second-order valence-electron chi connectivity index (χ2n) is 7.05. The van der Waals surface area contributed by atoms with E-state index in [4.69, 9.17) is 9.52 Å². The van der Waals surface area contributed by atoms with Crippen LogP contribution in [-0.2, 0) is 9.59 Å². The molecule has 1 aromatic carbocycles. The summed E-state index contributed by atoms with van der Waals surface area (Å²) in [7, 11) is 0. The van der Waals surface area contributed by atoms with Crippen LogP contribution in [0.5, 0.6) is 0 Å². The molecule has 3 N–H and O–H groups in total. The molecule has 0 radical (unpaired) electrons. The molecule has 2 heterocycles. The summed E-state index contributed by atoms with van der Waals surface area (Å²) < 4.78 is 19.6. The van der Waals surface area contributed by atoms with E-state index >= 15 is 0 Å². The van der Waals surface area contributed by atoms with Crippen molar-refractivity contribution >= 4 is 17.5 Å². The highest BCUT2D eigenvalue weighted by Crippen LogP contribution is 2.25. The predicted molar refractivity (Wildman–Crippen MR) is 109 cm³/mol. The Morgan fingerprint density at radius 2 is 1.80 bits per heavy atom. The minimum Gasteiger partial charge on any atom is -0.468 e. The van der Waals surface area contributed by atoms with Crippen molar-refractivity contribution in [2.24, 2.45) is 0 Å². The Bertz CT molecular complexity index is 822. The van der Waals surface area contributed by atoms with Gasteiger partial charge >= 0.3 is 11.8 Å². The number of carbonyl (C=O) groups is 2. The number of hydrogen-bond acceptors (Lipinski definition) is 6. The lowest BCUT2D eigenvalue weighted by Crippen LogP contribution is -2.51. The number of hydrogen-bond donors (Lipinski definition) is 3. The Morgan fingerprint density at radius 3 is 2.47 bits per heavy atom. The van der Waals surface area contributed by atoms with E-state index in [1.54, 1.807) is 24.5 Å². The molecule has 0 saturated carbocycles. The third-order valence-corrected chi connectivity index (χ3v) is 5.10. The third-order valence-electron chi connectivity index (χ3n) is 5.10. The summed E-state index contributed by atoms with van der Waals surface area (Å²) in [4.78, 5) is 28.1. The number of aliphatic hydroxyl groups excluding tert-OH is 1. The maximum atomic E-state index is 14.1. The summed E-state index contributed by atoms with van der Waals surface area (Å²) in [5, 5.41) is 13.9. The minimum atomic E-state index is -0.731. The molecular weight excluding hydrogens is 391 g/mol. The van der Waals surface area contributed by atoms with Gasteiger partial charge in [0, 0.05) is 45.9 Å². The molecule has 1 unspecified atom stereocenters. The van der Waals surface area contributed by atoms with Crippen molar-refractivity contribution in [3.05, 3.63) is 54.2 Å². The van der Waals surface area contributed by atoms with E-state index in [0.717, 1.165) is 0 Å². The molecule has 1 aliphatic heterocycles. The average molecular weight is 418 g/mol. The van der Waals surface area contributed by atoms with Crippen LogP contribution in [0.15, 0.2) is 47.1 Å². The lowest BCUT2D eigenvalue weighted by Gasteiger charge is -2.39. The number of halogens is 1. The van der Waals surface area contributed by atoms with E-state index in [1.165, 1.54) is 6.07 Å². The van der Waals surface area contributed by atoms with E-state index in [9.17, 15) is 14.0 Å². The lowest BCUT2D eigenvalue weighted by atomic mass is 10.1. The summed E-state index contributed by atoms with van der Waals surface area (Å²) in [6, 6.07) is 10.1. The van der Waals surface area contributed by atoms with Crippen molar-refractivity contribution in [3.63, 3.8) is 0 Å². The number of carbonyl (C=O) groups excluding carboxylic acids is 2. The zero-order chi connectivity index (χ0) is 21.3. The smallest absolute Gasteiger partial charge is 0.309 e. The molecular formula is C21H27FN4O4. The van der Waals surface area contributed by atoms with Gasteiger partial charge in [-0.2, -0.15) is 0 Å². The van der Waals surface area contributed by atoms with Crippen LogP contribution in [-0.4, -0.2) is 67.7 Å². The van der Waals surface area contributed by atoms with Gasteiger partial charge in [-0.1, -0.05) is 12.1 Å². The molecule has 1 atom stereocenters. The van der Waals surface area contributed by atoms with Gasteiger partial charge in [-0.3, -0.25) is 14.5 Å². The quantitative estimate of drug-likeness (QED) is 0.435. The van der Waals surface area contributed by atoms with Gasteiger partial charge < -0.3 is 25.1 Å². The average Bonchev–Trinajstić information content (AvgIpc) is 3.29. The van der Waals surface area contributed by atoms with Crippen molar-refractivity contribution in [2.75, 3.05) is 50.8 Å². The molecule has 162 valence electrons. The first-order chi connectivity index (χ1) is 14.6. The van der Waals surface area contributed by atoms with Crippen LogP contribution in [0.3, 0.4) is 0 Å². The van der Waals surface area contributed by atoms with Crippen molar-refractivity contribution in [2.45, 2.75) is 12.5 Å². The zero-order valence-corrected chi connectivity index (χ0v) is 16.7. The Kier molecular flexibility index (Phi) is 7.81. The monoisotopic (exact) mass is 418 g/mol. The number of anilines is 1. The summed E-state index contributed by atoms with van der Waals surface area (Å²) in [6.45, 7) is 2.96. The highest BCUT2D eigenvalue weighted by atomic mass is 19.1. The Hall–Kier alpha value is -2.91. The van der Waals surface area contributed by atoms with E-state index in [1.807, 2.05) is 17.0 Å². The van der Waals surface area contributed by atoms with Gasteiger partial charge in [-0.15, -0.1) is 0 Å². The first kappa shape index (κ1) is 21.8. The Morgan fingerprint density at radius 1 is 1.07 bits per heavy atom. The molecule has 30 heavy (non-hydrogen) atoms. The van der Waals surface area contributed by atoms with Gasteiger partial charge in [0.15, 0.2) is 0 Å². The van der Waals surface area contributed by atoms with E-state index in [-0.39, 0.29) is 31.6 Å². The first-order valence-corrected chi connectivity index (χ1v) is 10.0. The summed E-state index contributed by atoms with van der Waals surface area (Å²) in [5.41, 5.74) is 0.583. The maximum absolute atomic E-state index is 14.1. The Balaban J connectivity index is 1.58. The first-order valence-electron chi connectivity index (χ1n) is 10.0. The van der Waals surface area contributed by atoms with Crippen LogP contribution in [0.1, 0.15) is 18.2 Å². The maximum Gasteiger partial charge on any atom is 0.309 e. The van der Waals surface area contributed by atoms with E-state index in [0.29, 0.717) is 44.0 Å². The number of amides is 2. The molecule has 1 aromatic heterocycles. The number of benzene rings is 1. The van der Waals surface area contributed by atoms with Crippen LogP contribution in [0.2, 0.25) is 0 Å². The molecule has 1 saturated heterocycles. The number of nitrogens with one attached hydrogen (secondary N) is 2. The van der Waals surface area contributed by atoms with Crippen LogP contribution < -0.4 is 15.5 Å². The number of piperazine rings is 1. The van der Waals surface area contributed by atoms with Crippen molar-refractivity contribution in [3.8, 4) is 0 Å². The molecule has 2 amide bonds. The molecule has 9 heteroatoms. The highest BCUT2D eigenvalue weighted by Gasteiger charge is 2.28. The molecule has 0 spiro atoms. The van der Waals surface area contributed by atoms with Gasteiger partial charge in [-0.05, 0) is 30.7 Å². The van der Waals surface area contributed by atoms with Gasteiger partial charge in [-0.25, -0.2) is 4.39 Å². The largest absolute Gasteiger partial charge is 0.468 e. The lowest BCUT2D eigenvalue weighted by molar-refractivity contribution is -0.139. The predicted octanol–water partition coefficient (Wildman–Crippen LogP) is 0.897. The SMILES string of the molecule is O=C(NCCCO)C(=O)NCC(c1ccco1)N1CCN(c2ccccc2F)CC1. The van der Waals surface area contributed by atoms with E-state index in [2.05, 4.69) is 15.5 Å². The number of furan rings is 1. The third kappa shape index (κ3) is 5.58. The second-order valence-corrected chi connectivity index (χ2v) is 7.05. The normalized spacial score (nSPS) is 15.6. The highest BCUT2D eigenvalue weighted by molar-refractivity contribution is 6.35. The van der Waals surface area contributed by atoms with E-state index < -0.39 is 11.8 Å². The van der Waals surface area contributed by atoms with Crippen LogP contribution in [0.25, 0.3) is 0 Å². The molecule has 1 aliphatic rings. The molecule has 2 aromatic rings. The minimum absolute atomic E-state index is 0.0542. The molecule has 3 rings (SSSR count).